The molecule has 6 fully saturated rings. The molecule has 1 N–H and O–H groups in total. The summed E-state index contributed by atoms with van der Waals surface area (Å²) in [5.41, 5.74) is 2.33. The molecule has 5 unspecified atom stereocenters. The largest absolute Gasteiger partial charge is 0.396 e. The van der Waals surface area contributed by atoms with Crippen molar-refractivity contribution < 1.29 is 14.6 Å². The van der Waals surface area contributed by atoms with Gasteiger partial charge in [0.15, 0.2) is 6.29 Å². The van der Waals surface area contributed by atoms with Crippen LogP contribution < -0.4 is 0 Å². The number of nitrogens with zero attached hydrogens (tertiary/aromatic N) is 1. The van der Waals surface area contributed by atoms with Crippen molar-refractivity contribution in [2.45, 2.75) is 90.4 Å². The molecule has 2 heterocycles. The van der Waals surface area contributed by atoms with E-state index in [2.05, 4.69) is 18.7 Å². The van der Waals surface area contributed by atoms with Gasteiger partial charge in [0.1, 0.15) is 0 Å². The van der Waals surface area contributed by atoms with Crippen LogP contribution in [-0.2, 0) is 9.47 Å². The van der Waals surface area contributed by atoms with Crippen molar-refractivity contribution >= 4 is 0 Å². The third kappa shape index (κ3) is 3.08. The summed E-state index contributed by atoms with van der Waals surface area (Å²) in [6, 6.07) is 0. The molecule has 6 rings (SSSR count). The van der Waals surface area contributed by atoms with E-state index >= 15 is 0 Å². The molecular weight excluding hydrogens is 398 g/mol. The number of hydrogen-bond acceptors (Lipinski definition) is 4. The third-order valence-electron chi connectivity index (χ3n) is 11.5. The first-order chi connectivity index (χ1) is 15.4. The zero-order valence-electron chi connectivity index (χ0n) is 20.5. The first kappa shape index (κ1) is 22.1. The van der Waals surface area contributed by atoms with E-state index in [-0.39, 0.29) is 11.7 Å². The Bertz CT molecular complexity index is 749. The highest BCUT2D eigenvalue weighted by molar-refractivity contribution is 5.34. The zero-order valence-corrected chi connectivity index (χ0v) is 20.5. The van der Waals surface area contributed by atoms with Gasteiger partial charge >= 0.3 is 0 Å². The van der Waals surface area contributed by atoms with Crippen molar-refractivity contribution in [3.05, 3.63) is 12.2 Å². The fourth-order valence-corrected chi connectivity index (χ4v) is 9.59. The van der Waals surface area contributed by atoms with Gasteiger partial charge in [-0.2, -0.15) is 0 Å². The van der Waals surface area contributed by atoms with E-state index in [1.54, 1.807) is 5.57 Å². The number of rotatable bonds is 4. The van der Waals surface area contributed by atoms with Gasteiger partial charge in [0, 0.05) is 36.4 Å². The second kappa shape index (κ2) is 7.80. The molecule has 1 spiro atoms. The number of aliphatic hydroxyl groups is 1. The Kier molecular flexibility index (Phi) is 5.38. The van der Waals surface area contributed by atoms with Gasteiger partial charge in [-0.3, -0.25) is 0 Å². The average molecular weight is 444 g/mol. The SMILES string of the molecule is C=C1CCC2[C@]3(C)CO[C@@H](C4CCCC4)OC3CC[C@@]2(C)C12CC2CN1CCC(CO)C1. The highest BCUT2D eigenvalue weighted by Crippen LogP contribution is 2.78. The Morgan fingerprint density at radius 1 is 1.12 bits per heavy atom. The van der Waals surface area contributed by atoms with Crippen molar-refractivity contribution in [2.75, 3.05) is 32.8 Å². The Morgan fingerprint density at radius 2 is 1.94 bits per heavy atom. The van der Waals surface area contributed by atoms with Crippen LogP contribution >= 0.6 is 0 Å². The fraction of sp³-hybridized carbons (Fsp3) is 0.929. The molecule has 2 aliphatic heterocycles. The second-order valence-electron chi connectivity index (χ2n) is 13.0. The molecular formula is C28H45NO3. The normalized spacial score (nSPS) is 51.7. The molecule has 0 radical (unpaired) electrons. The minimum atomic E-state index is 0.0516. The summed E-state index contributed by atoms with van der Waals surface area (Å²) in [5.74, 6) is 2.53. The molecule has 0 aromatic rings. The van der Waals surface area contributed by atoms with Crippen LogP contribution in [-0.4, -0.2) is 55.2 Å². The van der Waals surface area contributed by atoms with Gasteiger partial charge < -0.3 is 19.5 Å². The molecule has 6 aliphatic rings. The third-order valence-corrected chi connectivity index (χ3v) is 11.5. The minimum absolute atomic E-state index is 0.0516. The van der Waals surface area contributed by atoms with Crippen LogP contribution in [0.1, 0.15) is 78.1 Å². The first-order valence-electron chi connectivity index (χ1n) is 13.7. The van der Waals surface area contributed by atoms with E-state index in [4.69, 9.17) is 16.1 Å². The van der Waals surface area contributed by atoms with Crippen LogP contribution in [0.15, 0.2) is 12.2 Å². The summed E-state index contributed by atoms with van der Waals surface area (Å²) < 4.78 is 13.3. The number of fused-ring (bicyclic) bond motifs is 4. The van der Waals surface area contributed by atoms with Crippen molar-refractivity contribution in [2.24, 2.45) is 39.9 Å². The van der Waals surface area contributed by atoms with E-state index in [0.29, 0.717) is 41.3 Å². The van der Waals surface area contributed by atoms with Gasteiger partial charge in [-0.15, -0.1) is 0 Å². The fourth-order valence-electron chi connectivity index (χ4n) is 9.59. The maximum Gasteiger partial charge on any atom is 0.160 e. The minimum Gasteiger partial charge on any atom is -0.396 e. The Hall–Kier alpha value is -0.420. The lowest BCUT2D eigenvalue weighted by atomic mass is 9.44. The van der Waals surface area contributed by atoms with Gasteiger partial charge in [-0.25, -0.2) is 0 Å². The molecule has 4 saturated carbocycles. The van der Waals surface area contributed by atoms with Crippen LogP contribution in [0.5, 0.6) is 0 Å². The summed E-state index contributed by atoms with van der Waals surface area (Å²) in [7, 11) is 0. The summed E-state index contributed by atoms with van der Waals surface area (Å²) in [6.45, 7) is 14.5. The van der Waals surface area contributed by atoms with E-state index < -0.39 is 0 Å². The summed E-state index contributed by atoms with van der Waals surface area (Å²) in [6.07, 6.45) is 13.1. The molecule has 4 nitrogen and oxygen atoms in total. The molecule has 0 bridgehead atoms. The smallest absolute Gasteiger partial charge is 0.160 e. The highest BCUT2D eigenvalue weighted by atomic mass is 16.7. The average Bonchev–Trinajstić information content (AvgIpc) is 3.12. The maximum atomic E-state index is 9.58. The number of hydrogen-bond donors (Lipinski definition) is 1. The molecule has 0 amide bonds. The lowest BCUT2D eigenvalue weighted by Crippen LogP contribution is -2.62. The first-order valence-corrected chi connectivity index (χ1v) is 13.7. The second-order valence-corrected chi connectivity index (χ2v) is 13.0. The van der Waals surface area contributed by atoms with Gasteiger partial charge in [-0.1, -0.05) is 38.8 Å². The summed E-state index contributed by atoms with van der Waals surface area (Å²) in [5, 5.41) is 9.58. The standard InChI is InChI=1S/C28H45NO3/c1-19-8-9-23-26(2)18-31-25(21-6-4-5-7-21)32-24(26)10-12-27(23,3)28(19)14-22(28)16-29-13-11-20(15-29)17-30/h20-25,30H,1,4-18H2,2-3H3/t20?,22?,23?,24?,25-,26+,27-,28?/m1/s1. The molecule has 8 atom stereocenters. The molecule has 0 aromatic carbocycles. The number of likely N-dealkylation sites (tertiary alicyclic amines) is 1. The Morgan fingerprint density at radius 3 is 2.69 bits per heavy atom. The summed E-state index contributed by atoms with van der Waals surface area (Å²) >= 11 is 0. The van der Waals surface area contributed by atoms with Crippen molar-refractivity contribution in [1.82, 2.24) is 4.90 Å². The number of allylic oxidation sites excluding steroid dienone is 1. The molecule has 32 heavy (non-hydrogen) atoms. The Balaban J connectivity index is 1.20. The van der Waals surface area contributed by atoms with Crippen molar-refractivity contribution in [1.29, 1.82) is 0 Å². The van der Waals surface area contributed by atoms with Gasteiger partial charge in [0.2, 0.25) is 0 Å². The van der Waals surface area contributed by atoms with Gasteiger partial charge in [-0.05, 0) is 81.1 Å². The predicted molar refractivity (Wildman–Crippen MR) is 126 cm³/mol. The van der Waals surface area contributed by atoms with Crippen molar-refractivity contribution in [3.63, 3.8) is 0 Å². The van der Waals surface area contributed by atoms with Crippen LogP contribution in [0.4, 0.5) is 0 Å². The van der Waals surface area contributed by atoms with Gasteiger partial charge in [0.05, 0.1) is 12.7 Å². The van der Waals surface area contributed by atoms with E-state index in [1.807, 2.05) is 0 Å². The van der Waals surface area contributed by atoms with E-state index in [9.17, 15) is 5.11 Å². The zero-order chi connectivity index (χ0) is 22.1. The van der Waals surface area contributed by atoms with E-state index in [1.165, 1.54) is 64.3 Å². The molecule has 4 aliphatic carbocycles. The van der Waals surface area contributed by atoms with Crippen molar-refractivity contribution in [3.8, 4) is 0 Å². The molecule has 180 valence electrons. The Labute approximate surface area is 195 Å². The van der Waals surface area contributed by atoms with E-state index in [0.717, 1.165) is 32.0 Å². The lowest BCUT2D eigenvalue weighted by Gasteiger charge is -2.63. The quantitative estimate of drug-likeness (QED) is 0.620. The highest BCUT2D eigenvalue weighted by Gasteiger charge is 2.73. The van der Waals surface area contributed by atoms with Crippen LogP contribution in [0, 0.1) is 39.9 Å². The topological polar surface area (TPSA) is 41.9 Å². The van der Waals surface area contributed by atoms with Gasteiger partial charge in [0.25, 0.3) is 0 Å². The molecule has 0 aromatic heterocycles. The summed E-state index contributed by atoms with van der Waals surface area (Å²) in [4.78, 5) is 2.63. The maximum absolute atomic E-state index is 9.58. The monoisotopic (exact) mass is 443 g/mol. The number of ether oxygens (including phenoxy) is 2. The lowest BCUT2D eigenvalue weighted by molar-refractivity contribution is -0.317. The number of aliphatic hydroxyl groups excluding tert-OH is 1. The van der Waals surface area contributed by atoms with Crippen LogP contribution in [0.25, 0.3) is 0 Å². The predicted octanol–water partition coefficient (Wildman–Crippen LogP) is 5.01. The molecule has 2 saturated heterocycles. The van der Waals surface area contributed by atoms with Crippen LogP contribution in [0.3, 0.4) is 0 Å². The van der Waals surface area contributed by atoms with Crippen LogP contribution in [0.2, 0.25) is 0 Å². The molecule has 4 heteroatoms.